The Labute approximate surface area is 144 Å². The molecule has 1 aliphatic rings. The summed E-state index contributed by atoms with van der Waals surface area (Å²) in [5, 5.41) is 3.70. The van der Waals surface area contributed by atoms with Crippen molar-refractivity contribution in [2.75, 3.05) is 14.1 Å². The van der Waals surface area contributed by atoms with Crippen LogP contribution >= 0.6 is 0 Å². The van der Waals surface area contributed by atoms with Crippen molar-refractivity contribution < 1.29 is 0 Å². The molecule has 3 nitrogen and oxygen atoms in total. The fourth-order valence-electron chi connectivity index (χ4n) is 4.08. The van der Waals surface area contributed by atoms with Crippen LogP contribution < -0.4 is 5.23 Å². The van der Waals surface area contributed by atoms with E-state index >= 15 is 0 Å². The van der Waals surface area contributed by atoms with Crippen LogP contribution in [0.5, 0.6) is 0 Å². The lowest BCUT2D eigenvalue weighted by Crippen LogP contribution is -2.60. The third-order valence-electron chi connectivity index (χ3n) is 6.26. The molecule has 2 rings (SSSR count). The van der Waals surface area contributed by atoms with Crippen molar-refractivity contribution in [2.24, 2.45) is 5.92 Å². The fourth-order valence-corrected chi connectivity index (χ4v) is 4.08. The first kappa shape index (κ1) is 18.6. The molecule has 23 heavy (non-hydrogen) atoms. The number of hydrogen-bond donors (Lipinski definition) is 1. The maximum atomic E-state index is 3.70. The van der Waals surface area contributed by atoms with E-state index < -0.39 is 0 Å². The van der Waals surface area contributed by atoms with Gasteiger partial charge in [-0.2, -0.15) is 0 Å². The minimum atomic E-state index is 0.349. The molecular formula is C18H33B2N3. The van der Waals surface area contributed by atoms with Crippen molar-refractivity contribution in [3.8, 4) is 0 Å². The van der Waals surface area contributed by atoms with Gasteiger partial charge in [0.2, 0.25) is 0 Å². The number of nitrogens with one attached hydrogen (secondary N) is 1. The van der Waals surface area contributed by atoms with Crippen molar-refractivity contribution in [2.45, 2.75) is 59.3 Å². The highest BCUT2D eigenvalue weighted by molar-refractivity contribution is 6.68. The summed E-state index contributed by atoms with van der Waals surface area (Å²) in [7, 11) is 4.51. The Morgan fingerprint density at radius 3 is 2.48 bits per heavy atom. The van der Waals surface area contributed by atoms with Gasteiger partial charge in [-0.1, -0.05) is 58.7 Å². The topological polar surface area (TPSA) is 18.5 Å². The summed E-state index contributed by atoms with van der Waals surface area (Å²) in [6.07, 6.45) is 1.18. The van der Waals surface area contributed by atoms with Gasteiger partial charge in [0.05, 0.1) is 0 Å². The highest BCUT2D eigenvalue weighted by Gasteiger charge is 2.34. The van der Waals surface area contributed by atoms with Gasteiger partial charge in [-0.15, -0.1) is 0 Å². The number of nitrogens with zero attached hydrogens (tertiary/aromatic N) is 2. The fraction of sp³-hybridized carbons (Fsp3) is 0.667. The van der Waals surface area contributed by atoms with E-state index in [-0.39, 0.29) is 0 Å². The largest absolute Gasteiger partial charge is 0.359 e. The molecule has 0 saturated carbocycles. The van der Waals surface area contributed by atoms with E-state index in [9.17, 15) is 0 Å². The molecule has 1 aliphatic heterocycles. The van der Waals surface area contributed by atoms with Gasteiger partial charge in [0.1, 0.15) is 0 Å². The van der Waals surface area contributed by atoms with E-state index in [1.165, 1.54) is 17.5 Å². The van der Waals surface area contributed by atoms with Crippen LogP contribution in [0.2, 0.25) is 13.6 Å². The molecule has 3 unspecified atom stereocenters. The van der Waals surface area contributed by atoms with Crippen LogP contribution in [0.4, 0.5) is 0 Å². The molecule has 126 valence electrons. The summed E-state index contributed by atoms with van der Waals surface area (Å²) in [6, 6.07) is 9.54. The molecule has 1 heterocycles. The van der Waals surface area contributed by atoms with Gasteiger partial charge in [0, 0.05) is 12.6 Å². The molecule has 1 aromatic rings. The molecule has 1 N–H and O–H groups in total. The Bertz CT molecular complexity index is 511. The number of fused-ring (bicyclic) bond motifs is 1. The summed E-state index contributed by atoms with van der Waals surface area (Å²) in [4.78, 5) is 2.56. The first-order valence-corrected chi connectivity index (χ1v) is 9.13. The van der Waals surface area contributed by atoms with Gasteiger partial charge >= 0.3 is 0 Å². The maximum Gasteiger partial charge on any atom is 0.297 e. The lowest BCUT2D eigenvalue weighted by atomic mass is 9.61. The minimum absolute atomic E-state index is 0.349. The summed E-state index contributed by atoms with van der Waals surface area (Å²) >= 11 is 0. The minimum Gasteiger partial charge on any atom is -0.359 e. The maximum absolute atomic E-state index is 3.70. The Kier molecular flexibility index (Phi) is 6.35. The Morgan fingerprint density at radius 2 is 1.83 bits per heavy atom. The van der Waals surface area contributed by atoms with E-state index in [4.69, 9.17) is 0 Å². The van der Waals surface area contributed by atoms with E-state index in [1.54, 1.807) is 0 Å². The van der Waals surface area contributed by atoms with E-state index in [0.29, 0.717) is 31.8 Å². The second kappa shape index (κ2) is 7.87. The van der Waals surface area contributed by atoms with Gasteiger partial charge in [0.25, 0.3) is 14.0 Å². The van der Waals surface area contributed by atoms with Crippen LogP contribution in [0, 0.1) is 5.92 Å². The predicted octanol–water partition coefficient (Wildman–Crippen LogP) is 3.41. The average Bonchev–Trinajstić information content (AvgIpc) is 2.58. The molecule has 0 aliphatic carbocycles. The highest BCUT2D eigenvalue weighted by Crippen LogP contribution is 2.33. The van der Waals surface area contributed by atoms with Crippen molar-refractivity contribution in [3.63, 3.8) is 0 Å². The number of hydrogen-bond acceptors (Lipinski definition) is 3. The molecule has 0 radical (unpaired) electrons. The highest BCUT2D eigenvalue weighted by atomic mass is 15.2. The van der Waals surface area contributed by atoms with E-state index in [1.807, 2.05) is 0 Å². The van der Waals surface area contributed by atoms with Gasteiger partial charge in [-0.3, -0.25) is 0 Å². The zero-order chi connectivity index (χ0) is 17.1. The van der Waals surface area contributed by atoms with E-state index in [2.05, 4.69) is 87.5 Å². The first-order chi connectivity index (χ1) is 10.9. The quantitative estimate of drug-likeness (QED) is 0.802. The zero-order valence-electron chi connectivity index (χ0n) is 16.0. The van der Waals surface area contributed by atoms with Crippen molar-refractivity contribution in [1.29, 1.82) is 0 Å². The zero-order valence-corrected chi connectivity index (χ0v) is 16.0. The van der Waals surface area contributed by atoms with Crippen LogP contribution in [0.25, 0.3) is 0 Å². The summed E-state index contributed by atoms with van der Waals surface area (Å²) < 4.78 is 2.44. The molecule has 0 amide bonds. The number of benzene rings is 1. The van der Waals surface area contributed by atoms with Crippen LogP contribution in [-0.4, -0.2) is 43.6 Å². The molecule has 0 saturated heterocycles. The average molecular weight is 313 g/mol. The normalized spacial score (nSPS) is 28.4. The lowest BCUT2D eigenvalue weighted by molar-refractivity contribution is 0.239. The second-order valence-electron chi connectivity index (χ2n) is 7.34. The third kappa shape index (κ3) is 3.84. The van der Waals surface area contributed by atoms with E-state index in [0.717, 1.165) is 6.54 Å². The predicted molar refractivity (Wildman–Crippen MR) is 104 cm³/mol. The van der Waals surface area contributed by atoms with Crippen LogP contribution in [-0.2, 0) is 6.54 Å². The molecule has 0 fully saturated rings. The lowest BCUT2D eigenvalue weighted by Gasteiger charge is -2.41. The van der Waals surface area contributed by atoms with Gasteiger partial charge in [0.15, 0.2) is 0 Å². The monoisotopic (exact) mass is 313 g/mol. The molecular weight excluding hydrogens is 280 g/mol. The summed E-state index contributed by atoms with van der Waals surface area (Å²) in [6.45, 7) is 13.4. The second-order valence-corrected chi connectivity index (χ2v) is 7.34. The SMILES string of the molecule is CCC1C(C)C(C)c2ccccc2CNB(C)N(C)B(C)N1C. The van der Waals surface area contributed by atoms with Crippen molar-refractivity contribution in [3.05, 3.63) is 35.4 Å². The molecule has 0 aromatic heterocycles. The standard InChI is InChI=1S/C18H33B2N3/c1-8-18-15(3)14(2)17-12-10-9-11-16(17)13-21-19(4)23(7)20(5)22(18)6/h9-12,14-15,18,21H,8,13H2,1-7H3. The molecule has 1 aromatic carbocycles. The number of rotatable bonds is 1. The summed E-state index contributed by atoms with van der Waals surface area (Å²) in [5.41, 5.74) is 2.95. The third-order valence-corrected chi connectivity index (χ3v) is 6.26. The smallest absolute Gasteiger partial charge is 0.297 e. The van der Waals surface area contributed by atoms with Gasteiger partial charge in [-0.25, -0.2) is 0 Å². The van der Waals surface area contributed by atoms with Crippen LogP contribution in [0.3, 0.4) is 0 Å². The Hall–Kier alpha value is -0.770. The first-order valence-electron chi connectivity index (χ1n) is 9.13. The molecule has 3 atom stereocenters. The van der Waals surface area contributed by atoms with Crippen LogP contribution in [0.1, 0.15) is 44.2 Å². The van der Waals surface area contributed by atoms with Crippen molar-refractivity contribution >= 4 is 14.0 Å². The summed E-state index contributed by atoms with van der Waals surface area (Å²) in [5.74, 6) is 1.18. The van der Waals surface area contributed by atoms with Gasteiger partial charge < -0.3 is 14.8 Å². The van der Waals surface area contributed by atoms with Crippen molar-refractivity contribution in [1.82, 2.24) is 14.8 Å². The Balaban J connectivity index is 2.44. The molecule has 5 heteroatoms. The Morgan fingerprint density at radius 1 is 1.17 bits per heavy atom. The molecule has 0 bridgehead atoms. The van der Waals surface area contributed by atoms with Gasteiger partial charge in [-0.05, 0) is 43.5 Å². The van der Waals surface area contributed by atoms with Crippen LogP contribution in [0.15, 0.2) is 24.3 Å². The molecule has 0 spiro atoms.